The highest BCUT2D eigenvalue weighted by Crippen LogP contribution is 2.03. The molecule has 0 radical (unpaired) electrons. The van der Waals surface area contributed by atoms with Crippen molar-refractivity contribution in [3.63, 3.8) is 0 Å². The third kappa shape index (κ3) is 9.04. The Kier molecular flexibility index (Phi) is 8.57. The van der Waals surface area contributed by atoms with Crippen molar-refractivity contribution < 1.29 is 19.5 Å². The molecule has 19 heavy (non-hydrogen) atoms. The quantitative estimate of drug-likeness (QED) is 0.655. The van der Waals surface area contributed by atoms with Gasteiger partial charge in [-0.3, -0.25) is 14.4 Å². The number of carbonyl (C=O) groups is 3. The lowest BCUT2D eigenvalue weighted by atomic mass is 10.2. The highest BCUT2D eigenvalue weighted by molar-refractivity contribution is 5.82. The number of amides is 2. The summed E-state index contributed by atoms with van der Waals surface area (Å²) in [5, 5.41) is 11.5. The zero-order valence-electron chi connectivity index (χ0n) is 11.9. The van der Waals surface area contributed by atoms with Crippen molar-refractivity contribution in [2.45, 2.75) is 52.5 Å². The lowest BCUT2D eigenvalue weighted by Crippen LogP contribution is -2.36. The number of nitrogens with zero attached hydrogens (tertiary/aromatic N) is 1. The molecule has 0 bridgehead atoms. The number of hydrogen-bond acceptors (Lipinski definition) is 3. The van der Waals surface area contributed by atoms with E-state index in [4.69, 9.17) is 5.11 Å². The second kappa shape index (κ2) is 9.35. The SMILES string of the molecule is CCCN(CC(=O)O)C(=O)CCCC(=O)NC(C)C. The number of nitrogens with one attached hydrogen (secondary N) is 1. The third-order valence-corrected chi connectivity index (χ3v) is 2.42. The first-order chi connectivity index (χ1) is 8.86. The van der Waals surface area contributed by atoms with Crippen LogP contribution in [0, 0.1) is 0 Å². The Bertz CT molecular complexity index is 316. The summed E-state index contributed by atoms with van der Waals surface area (Å²) in [6.07, 6.45) is 1.65. The Morgan fingerprint density at radius 2 is 1.84 bits per heavy atom. The van der Waals surface area contributed by atoms with Crippen molar-refractivity contribution in [1.82, 2.24) is 10.2 Å². The van der Waals surface area contributed by atoms with Gasteiger partial charge in [0.2, 0.25) is 11.8 Å². The molecule has 0 saturated carbocycles. The first-order valence-electron chi connectivity index (χ1n) is 6.65. The smallest absolute Gasteiger partial charge is 0.323 e. The maximum absolute atomic E-state index is 11.8. The lowest BCUT2D eigenvalue weighted by Gasteiger charge is -2.19. The lowest BCUT2D eigenvalue weighted by molar-refractivity contribution is -0.144. The summed E-state index contributed by atoms with van der Waals surface area (Å²) in [6.45, 7) is 5.80. The Morgan fingerprint density at radius 3 is 2.32 bits per heavy atom. The van der Waals surface area contributed by atoms with Crippen molar-refractivity contribution >= 4 is 17.8 Å². The molecule has 0 heterocycles. The molecule has 110 valence electrons. The van der Waals surface area contributed by atoms with E-state index in [1.165, 1.54) is 4.90 Å². The van der Waals surface area contributed by atoms with E-state index in [1.807, 2.05) is 20.8 Å². The van der Waals surface area contributed by atoms with E-state index < -0.39 is 5.97 Å². The van der Waals surface area contributed by atoms with Gasteiger partial charge in [0.25, 0.3) is 0 Å². The van der Waals surface area contributed by atoms with Crippen molar-refractivity contribution in [3.8, 4) is 0 Å². The summed E-state index contributed by atoms with van der Waals surface area (Å²) in [6, 6.07) is 0.0896. The molecule has 2 amide bonds. The number of carboxylic acids is 1. The first kappa shape index (κ1) is 17.4. The van der Waals surface area contributed by atoms with E-state index >= 15 is 0 Å². The topological polar surface area (TPSA) is 86.7 Å². The summed E-state index contributed by atoms with van der Waals surface area (Å²) >= 11 is 0. The van der Waals surface area contributed by atoms with Crippen LogP contribution in [0.2, 0.25) is 0 Å². The summed E-state index contributed by atoms with van der Waals surface area (Å²) in [5.41, 5.74) is 0. The highest BCUT2D eigenvalue weighted by atomic mass is 16.4. The number of carbonyl (C=O) groups excluding carboxylic acids is 2. The number of rotatable bonds is 9. The largest absolute Gasteiger partial charge is 0.480 e. The predicted octanol–water partition coefficient (Wildman–Crippen LogP) is 1.00. The van der Waals surface area contributed by atoms with Gasteiger partial charge < -0.3 is 15.3 Å². The molecule has 0 aliphatic rings. The molecule has 6 heteroatoms. The Balaban J connectivity index is 4.05. The van der Waals surface area contributed by atoms with Crippen LogP contribution in [0.4, 0.5) is 0 Å². The summed E-state index contributed by atoms with van der Waals surface area (Å²) < 4.78 is 0. The Hall–Kier alpha value is -1.59. The van der Waals surface area contributed by atoms with E-state index in [1.54, 1.807) is 0 Å². The van der Waals surface area contributed by atoms with Crippen LogP contribution in [0.5, 0.6) is 0 Å². The molecular formula is C13H24N2O4. The molecule has 0 atom stereocenters. The molecule has 0 aromatic rings. The van der Waals surface area contributed by atoms with Gasteiger partial charge in [-0.25, -0.2) is 0 Å². The molecule has 2 N–H and O–H groups in total. The van der Waals surface area contributed by atoms with Gasteiger partial charge in [0.15, 0.2) is 0 Å². The molecule has 0 unspecified atom stereocenters. The van der Waals surface area contributed by atoms with Gasteiger partial charge >= 0.3 is 5.97 Å². The second-order valence-corrected chi connectivity index (χ2v) is 4.78. The second-order valence-electron chi connectivity index (χ2n) is 4.78. The average Bonchev–Trinajstić information content (AvgIpc) is 2.26. The van der Waals surface area contributed by atoms with Crippen LogP contribution in [0.1, 0.15) is 46.5 Å². The van der Waals surface area contributed by atoms with Crippen LogP contribution in [-0.2, 0) is 14.4 Å². The van der Waals surface area contributed by atoms with E-state index in [9.17, 15) is 14.4 Å². The molecular weight excluding hydrogens is 248 g/mol. The van der Waals surface area contributed by atoms with Crippen molar-refractivity contribution in [2.24, 2.45) is 0 Å². The predicted molar refractivity (Wildman–Crippen MR) is 71.6 cm³/mol. The zero-order valence-corrected chi connectivity index (χ0v) is 11.9. The molecule has 0 aromatic heterocycles. The minimum atomic E-state index is -1.01. The highest BCUT2D eigenvalue weighted by Gasteiger charge is 2.15. The zero-order chi connectivity index (χ0) is 14.8. The van der Waals surface area contributed by atoms with Gasteiger partial charge in [-0.1, -0.05) is 6.92 Å². The van der Waals surface area contributed by atoms with E-state index in [0.717, 1.165) is 0 Å². The molecule has 0 spiro atoms. The van der Waals surface area contributed by atoms with Crippen LogP contribution < -0.4 is 5.32 Å². The van der Waals surface area contributed by atoms with Crippen LogP contribution >= 0.6 is 0 Å². The van der Waals surface area contributed by atoms with Gasteiger partial charge in [0, 0.05) is 25.4 Å². The summed E-state index contributed by atoms with van der Waals surface area (Å²) in [7, 11) is 0. The monoisotopic (exact) mass is 272 g/mol. The van der Waals surface area contributed by atoms with Crippen molar-refractivity contribution in [2.75, 3.05) is 13.1 Å². The van der Waals surface area contributed by atoms with Gasteiger partial charge in [0.05, 0.1) is 0 Å². The van der Waals surface area contributed by atoms with Crippen molar-refractivity contribution in [3.05, 3.63) is 0 Å². The Labute approximate surface area is 114 Å². The van der Waals surface area contributed by atoms with Gasteiger partial charge in [-0.05, 0) is 26.7 Å². The van der Waals surface area contributed by atoms with Gasteiger partial charge in [-0.15, -0.1) is 0 Å². The minimum Gasteiger partial charge on any atom is -0.480 e. The van der Waals surface area contributed by atoms with Crippen molar-refractivity contribution in [1.29, 1.82) is 0 Å². The fourth-order valence-electron chi connectivity index (χ4n) is 1.68. The summed E-state index contributed by atoms with van der Waals surface area (Å²) in [5.74, 6) is -1.30. The van der Waals surface area contributed by atoms with E-state index in [2.05, 4.69) is 5.32 Å². The van der Waals surface area contributed by atoms with E-state index in [0.29, 0.717) is 19.4 Å². The van der Waals surface area contributed by atoms with Crippen LogP contribution in [0.25, 0.3) is 0 Å². The Morgan fingerprint density at radius 1 is 1.21 bits per heavy atom. The fourth-order valence-corrected chi connectivity index (χ4v) is 1.68. The van der Waals surface area contributed by atoms with Crippen LogP contribution in [-0.4, -0.2) is 46.9 Å². The van der Waals surface area contributed by atoms with Gasteiger partial charge in [-0.2, -0.15) is 0 Å². The average molecular weight is 272 g/mol. The molecule has 0 saturated heterocycles. The molecule has 6 nitrogen and oxygen atoms in total. The molecule has 0 aliphatic carbocycles. The van der Waals surface area contributed by atoms with Gasteiger partial charge in [0.1, 0.15) is 6.54 Å². The minimum absolute atomic E-state index is 0.0805. The maximum atomic E-state index is 11.8. The molecule has 0 aliphatic heterocycles. The first-order valence-corrected chi connectivity index (χ1v) is 6.65. The normalized spacial score (nSPS) is 10.3. The molecule has 0 fully saturated rings. The maximum Gasteiger partial charge on any atom is 0.323 e. The number of carboxylic acid groups (broad SMARTS) is 1. The molecule has 0 aromatic carbocycles. The third-order valence-electron chi connectivity index (χ3n) is 2.42. The standard InChI is InChI=1S/C13H24N2O4/c1-4-8-15(9-13(18)19)12(17)7-5-6-11(16)14-10(2)3/h10H,4-9H2,1-3H3,(H,14,16)(H,18,19). The van der Waals surface area contributed by atoms with E-state index in [-0.39, 0.29) is 37.2 Å². The number of hydrogen-bond donors (Lipinski definition) is 2. The van der Waals surface area contributed by atoms with Crippen LogP contribution in [0.15, 0.2) is 0 Å². The van der Waals surface area contributed by atoms with Crippen LogP contribution in [0.3, 0.4) is 0 Å². The summed E-state index contributed by atoms with van der Waals surface area (Å²) in [4.78, 5) is 35.1. The molecule has 0 rings (SSSR count). The number of aliphatic carboxylic acids is 1. The fraction of sp³-hybridized carbons (Fsp3) is 0.769.